The molecule has 3 rings (SSSR count). The molecule has 0 saturated heterocycles. The zero-order valence-electron chi connectivity index (χ0n) is 12.7. The van der Waals surface area contributed by atoms with E-state index in [1.165, 1.54) is 12.0 Å². The summed E-state index contributed by atoms with van der Waals surface area (Å²) >= 11 is 0. The van der Waals surface area contributed by atoms with Gasteiger partial charge in [-0.05, 0) is 37.0 Å². The Morgan fingerprint density at radius 3 is 2.32 bits per heavy atom. The minimum Gasteiger partial charge on any atom is -0.411 e. The normalized spacial score (nSPS) is 21.5. The van der Waals surface area contributed by atoms with E-state index in [4.69, 9.17) is 0 Å². The van der Waals surface area contributed by atoms with Crippen molar-refractivity contribution in [1.29, 1.82) is 0 Å². The van der Waals surface area contributed by atoms with E-state index in [1.54, 1.807) is 0 Å². The van der Waals surface area contributed by atoms with Gasteiger partial charge in [-0.3, -0.25) is 0 Å². The van der Waals surface area contributed by atoms with Crippen LogP contribution in [0.15, 0.2) is 65.8 Å². The molecule has 3 nitrogen and oxygen atoms in total. The number of rotatable bonds is 4. The Morgan fingerprint density at radius 1 is 0.955 bits per heavy atom. The second-order valence-corrected chi connectivity index (χ2v) is 5.84. The largest absolute Gasteiger partial charge is 0.411 e. The first-order valence-electron chi connectivity index (χ1n) is 7.96. The predicted octanol–water partition coefficient (Wildman–Crippen LogP) is 4.86. The summed E-state index contributed by atoms with van der Waals surface area (Å²) in [5.74, 6) is 0.237. The number of nitrogens with zero attached hydrogens (tertiary/aromatic N) is 1. The molecule has 2 aromatic carbocycles. The van der Waals surface area contributed by atoms with Crippen molar-refractivity contribution in [2.75, 3.05) is 5.32 Å². The van der Waals surface area contributed by atoms with Gasteiger partial charge >= 0.3 is 0 Å². The van der Waals surface area contributed by atoms with Crippen LogP contribution >= 0.6 is 0 Å². The number of hydrogen-bond acceptors (Lipinski definition) is 3. The van der Waals surface area contributed by atoms with Gasteiger partial charge in [-0.25, -0.2) is 0 Å². The van der Waals surface area contributed by atoms with Crippen molar-refractivity contribution < 1.29 is 5.21 Å². The van der Waals surface area contributed by atoms with Gasteiger partial charge in [0.15, 0.2) is 0 Å². The maximum absolute atomic E-state index is 9.38. The highest BCUT2D eigenvalue weighted by atomic mass is 16.4. The molecule has 2 aromatic rings. The van der Waals surface area contributed by atoms with Crippen molar-refractivity contribution >= 4 is 11.4 Å². The highest BCUT2D eigenvalue weighted by Gasteiger charge is 2.30. The molecule has 3 heteroatoms. The number of para-hydroxylation sites is 1. The van der Waals surface area contributed by atoms with Crippen molar-refractivity contribution in [3.63, 3.8) is 0 Å². The fraction of sp³-hybridized carbons (Fsp3) is 0.316. The molecular formula is C19H22N2O. The number of benzene rings is 2. The molecule has 0 spiro atoms. The van der Waals surface area contributed by atoms with Crippen molar-refractivity contribution in [2.45, 2.75) is 31.7 Å². The van der Waals surface area contributed by atoms with Gasteiger partial charge in [-0.15, -0.1) is 0 Å². The lowest BCUT2D eigenvalue weighted by Gasteiger charge is -2.32. The fourth-order valence-electron chi connectivity index (χ4n) is 3.30. The molecule has 1 aliphatic carbocycles. The Morgan fingerprint density at radius 2 is 1.64 bits per heavy atom. The molecule has 22 heavy (non-hydrogen) atoms. The molecule has 0 heterocycles. The maximum atomic E-state index is 9.38. The zero-order chi connectivity index (χ0) is 15.2. The van der Waals surface area contributed by atoms with Gasteiger partial charge < -0.3 is 10.5 Å². The van der Waals surface area contributed by atoms with Crippen LogP contribution in [0, 0.1) is 5.92 Å². The van der Waals surface area contributed by atoms with Gasteiger partial charge in [-0.1, -0.05) is 60.1 Å². The first-order valence-corrected chi connectivity index (χ1v) is 7.96. The van der Waals surface area contributed by atoms with Gasteiger partial charge in [0.1, 0.15) is 0 Å². The summed E-state index contributed by atoms with van der Waals surface area (Å²) in [5, 5.41) is 16.6. The van der Waals surface area contributed by atoms with Gasteiger partial charge in [0.2, 0.25) is 0 Å². The van der Waals surface area contributed by atoms with Crippen molar-refractivity contribution in [2.24, 2.45) is 11.1 Å². The van der Waals surface area contributed by atoms with Gasteiger partial charge in [0, 0.05) is 11.6 Å². The summed E-state index contributed by atoms with van der Waals surface area (Å²) in [5.41, 5.74) is 3.25. The number of nitrogens with one attached hydrogen (secondary N) is 1. The minimum absolute atomic E-state index is 0.134. The molecule has 0 aliphatic heterocycles. The van der Waals surface area contributed by atoms with Crippen LogP contribution in [0.5, 0.6) is 0 Å². The highest BCUT2D eigenvalue weighted by Crippen LogP contribution is 2.35. The van der Waals surface area contributed by atoms with Crippen LogP contribution in [-0.2, 0) is 0 Å². The second kappa shape index (κ2) is 7.12. The summed E-state index contributed by atoms with van der Waals surface area (Å²) in [6.07, 6.45) is 4.24. The van der Waals surface area contributed by atoms with E-state index in [2.05, 4.69) is 46.9 Å². The smallest absolute Gasteiger partial charge is 0.0625 e. The van der Waals surface area contributed by atoms with Crippen LogP contribution in [0.25, 0.3) is 0 Å². The van der Waals surface area contributed by atoms with E-state index in [9.17, 15) is 5.21 Å². The van der Waals surface area contributed by atoms with Crippen LogP contribution in [0.1, 0.15) is 37.3 Å². The molecule has 1 fully saturated rings. The Kier molecular flexibility index (Phi) is 4.74. The monoisotopic (exact) mass is 294 g/mol. The number of hydrogen-bond donors (Lipinski definition) is 2. The third-order valence-electron chi connectivity index (χ3n) is 4.41. The molecular weight excluding hydrogens is 272 g/mol. The topological polar surface area (TPSA) is 44.6 Å². The van der Waals surface area contributed by atoms with Crippen molar-refractivity contribution in [3.05, 3.63) is 66.2 Å². The predicted molar refractivity (Wildman–Crippen MR) is 90.4 cm³/mol. The standard InChI is InChI=1S/C19H22N2O/c22-21-18-14-8-7-13-17(18)19(15-9-3-1-4-10-15)20-16-11-5-2-6-12-16/h1-6,9-12,17,19-20,22H,7-8,13-14H2/b21-18+. The molecule has 0 amide bonds. The molecule has 2 unspecified atom stereocenters. The Bertz CT molecular complexity index is 610. The van der Waals surface area contributed by atoms with E-state index >= 15 is 0 Å². The Balaban J connectivity index is 1.92. The molecule has 1 aliphatic rings. The summed E-state index contributed by atoms with van der Waals surface area (Å²) < 4.78 is 0. The molecule has 1 saturated carbocycles. The van der Waals surface area contributed by atoms with E-state index in [0.29, 0.717) is 0 Å². The highest BCUT2D eigenvalue weighted by molar-refractivity contribution is 5.88. The van der Waals surface area contributed by atoms with Crippen molar-refractivity contribution in [3.8, 4) is 0 Å². The van der Waals surface area contributed by atoms with Crippen molar-refractivity contribution in [1.82, 2.24) is 0 Å². The SMILES string of the molecule is O/N=C1\CCCCC1C(Nc1ccccc1)c1ccccc1. The lowest BCUT2D eigenvalue weighted by Crippen LogP contribution is -2.30. The summed E-state index contributed by atoms with van der Waals surface area (Å²) in [4.78, 5) is 0. The van der Waals surface area contributed by atoms with Crippen LogP contribution < -0.4 is 5.32 Å². The Labute approximate surface area is 131 Å². The van der Waals surface area contributed by atoms with E-state index < -0.39 is 0 Å². The molecule has 0 bridgehead atoms. The van der Waals surface area contributed by atoms with Crippen LogP contribution in [-0.4, -0.2) is 10.9 Å². The average Bonchev–Trinajstić information content (AvgIpc) is 2.61. The molecule has 2 N–H and O–H groups in total. The van der Waals surface area contributed by atoms with Crippen LogP contribution in [0.2, 0.25) is 0 Å². The molecule has 0 aromatic heterocycles. The lowest BCUT2D eigenvalue weighted by atomic mass is 9.79. The first-order chi connectivity index (χ1) is 10.9. The summed E-state index contributed by atoms with van der Waals surface area (Å²) in [6.45, 7) is 0. The Hall–Kier alpha value is -2.29. The summed E-state index contributed by atoms with van der Waals surface area (Å²) in [7, 11) is 0. The quantitative estimate of drug-likeness (QED) is 0.624. The van der Waals surface area contributed by atoms with E-state index in [1.807, 2.05) is 24.3 Å². The summed E-state index contributed by atoms with van der Waals surface area (Å²) in [6, 6.07) is 20.8. The van der Waals surface area contributed by atoms with Gasteiger partial charge in [-0.2, -0.15) is 0 Å². The molecule has 0 radical (unpaired) electrons. The molecule has 114 valence electrons. The first kappa shape index (κ1) is 14.6. The van der Waals surface area contributed by atoms with Crippen LogP contribution in [0.3, 0.4) is 0 Å². The third kappa shape index (κ3) is 3.30. The third-order valence-corrected chi connectivity index (χ3v) is 4.41. The van der Waals surface area contributed by atoms with E-state index in [0.717, 1.165) is 30.7 Å². The number of oxime groups is 1. The average molecular weight is 294 g/mol. The van der Waals surface area contributed by atoms with Crippen LogP contribution in [0.4, 0.5) is 5.69 Å². The minimum atomic E-state index is 0.134. The lowest BCUT2D eigenvalue weighted by molar-refractivity contribution is 0.306. The molecule has 2 atom stereocenters. The number of anilines is 1. The fourth-order valence-corrected chi connectivity index (χ4v) is 3.30. The zero-order valence-corrected chi connectivity index (χ0v) is 12.7. The second-order valence-electron chi connectivity index (χ2n) is 5.84. The van der Waals surface area contributed by atoms with Gasteiger partial charge in [0.05, 0.1) is 11.8 Å². The van der Waals surface area contributed by atoms with Gasteiger partial charge in [0.25, 0.3) is 0 Å². The maximum Gasteiger partial charge on any atom is 0.0625 e. The van der Waals surface area contributed by atoms with E-state index in [-0.39, 0.29) is 12.0 Å².